The maximum atomic E-state index is 13.9. The normalized spacial score (nSPS) is 11.3. The molecule has 6 heteroatoms. The zero-order valence-corrected chi connectivity index (χ0v) is 16.5. The van der Waals surface area contributed by atoms with E-state index < -0.39 is 0 Å². The topological polar surface area (TPSA) is 56.4 Å². The Labute approximate surface area is 169 Å². The van der Waals surface area contributed by atoms with Crippen molar-refractivity contribution in [2.75, 3.05) is 32.5 Å². The van der Waals surface area contributed by atoms with Crippen molar-refractivity contribution in [2.24, 2.45) is 0 Å². The molecule has 146 valence electrons. The zero-order chi connectivity index (χ0) is 20.4. The van der Waals surface area contributed by atoms with E-state index in [1.807, 2.05) is 54.9 Å². The molecular formula is C23H22FN5. The highest BCUT2D eigenvalue weighted by atomic mass is 19.1. The molecule has 4 aromatic rings. The summed E-state index contributed by atoms with van der Waals surface area (Å²) in [5, 5.41) is 13.4. The van der Waals surface area contributed by atoms with E-state index in [0.29, 0.717) is 22.3 Å². The first-order valence-corrected chi connectivity index (χ1v) is 9.57. The molecule has 0 bridgehead atoms. The quantitative estimate of drug-likeness (QED) is 0.494. The third kappa shape index (κ3) is 3.65. The number of nitrogens with one attached hydrogen (secondary N) is 1. The second kappa shape index (κ2) is 7.90. The van der Waals surface area contributed by atoms with Crippen LogP contribution < -0.4 is 5.32 Å². The first-order chi connectivity index (χ1) is 14.1. The number of anilines is 1. The summed E-state index contributed by atoms with van der Waals surface area (Å²) < 4.78 is 15.8. The maximum absolute atomic E-state index is 13.9. The smallest absolute Gasteiger partial charge is 0.158 e. The van der Waals surface area contributed by atoms with Crippen molar-refractivity contribution in [3.63, 3.8) is 0 Å². The molecule has 0 saturated carbocycles. The van der Waals surface area contributed by atoms with Gasteiger partial charge in [-0.25, -0.2) is 9.37 Å². The van der Waals surface area contributed by atoms with Crippen molar-refractivity contribution in [2.45, 2.75) is 6.42 Å². The lowest BCUT2D eigenvalue weighted by atomic mass is 10.0. The zero-order valence-electron chi connectivity index (χ0n) is 16.5. The summed E-state index contributed by atoms with van der Waals surface area (Å²) in [5.41, 5.74) is 4.09. The number of fused-ring (bicyclic) bond motifs is 3. The molecule has 0 aliphatic rings. The molecule has 0 unspecified atom stereocenters. The SMILES string of the molecule is CN(C)CCCNc1cc(-c2cccc(F)c2)c(C#N)c2nc3ccccc3n12. The number of pyridine rings is 1. The lowest BCUT2D eigenvalue weighted by molar-refractivity contribution is 0.405. The van der Waals surface area contributed by atoms with Gasteiger partial charge in [0, 0.05) is 12.1 Å². The second-order valence-corrected chi connectivity index (χ2v) is 7.28. The summed E-state index contributed by atoms with van der Waals surface area (Å²) in [7, 11) is 4.09. The van der Waals surface area contributed by atoms with Crippen molar-refractivity contribution in [1.29, 1.82) is 5.26 Å². The molecule has 0 fully saturated rings. The second-order valence-electron chi connectivity index (χ2n) is 7.28. The monoisotopic (exact) mass is 387 g/mol. The lowest BCUT2D eigenvalue weighted by Gasteiger charge is -2.15. The van der Waals surface area contributed by atoms with Crippen LogP contribution >= 0.6 is 0 Å². The fourth-order valence-electron chi connectivity index (χ4n) is 3.57. The molecule has 0 amide bonds. The molecule has 0 saturated heterocycles. The molecule has 29 heavy (non-hydrogen) atoms. The van der Waals surface area contributed by atoms with Crippen LogP contribution in [-0.2, 0) is 0 Å². The summed E-state index contributed by atoms with van der Waals surface area (Å²) in [6.07, 6.45) is 0.969. The average molecular weight is 387 g/mol. The third-order valence-corrected chi connectivity index (χ3v) is 4.91. The largest absolute Gasteiger partial charge is 0.371 e. The Morgan fingerprint density at radius 3 is 2.72 bits per heavy atom. The van der Waals surface area contributed by atoms with Gasteiger partial charge in [-0.05, 0) is 63.0 Å². The van der Waals surface area contributed by atoms with Gasteiger partial charge in [0.15, 0.2) is 5.65 Å². The molecule has 0 aliphatic heterocycles. The van der Waals surface area contributed by atoms with Crippen LogP contribution in [0, 0.1) is 17.1 Å². The number of nitrogens with zero attached hydrogens (tertiary/aromatic N) is 4. The van der Waals surface area contributed by atoms with Gasteiger partial charge in [-0.1, -0.05) is 24.3 Å². The number of halogens is 1. The highest BCUT2D eigenvalue weighted by Gasteiger charge is 2.18. The number of nitriles is 1. The predicted octanol–water partition coefficient (Wildman–Crippen LogP) is 4.53. The van der Waals surface area contributed by atoms with Gasteiger partial charge in [-0.15, -0.1) is 0 Å². The Kier molecular flexibility index (Phi) is 5.15. The van der Waals surface area contributed by atoms with E-state index in [-0.39, 0.29) is 5.82 Å². The van der Waals surface area contributed by atoms with Crippen LogP contribution in [0.3, 0.4) is 0 Å². The van der Waals surface area contributed by atoms with Gasteiger partial charge in [0.2, 0.25) is 0 Å². The number of para-hydroxylation sites is 2. The number of hydrogen-bond acceptors (Lipinski definition) is 4. The number of aromatic nitrogens is 2. The molecule has 2 aromatic carbocycles. The van der Waals surface area contributed by atoms with Crippen molar-refractivity contribution >= 4 is 22.5 Å². The molecule has 1 N–H and O–H groups in total. The highest BCUT2D eigenvalue weighted by molar-refractivity contribution is 5.89. The summed E-state index contributed by atoms with van der Waals surface area (Å²) in [6.45, 7) is 1.74. The maximum Gasteiger partial charge on any atom is 0.158 e. The number of rotatable bonds is 6. The van der Waals surface area contributed by atoms with E-state index >= 15 is 0 Å². The van der Waals surface area contributed by atoms with E-state index in [4.69, 9.17) is 4.98 Å². The molecule has 0 radical (unpaired) electrons. The van der Waals surface area contributed by atoms with Crippen LogP contribution in [0.25, 0.3) is 27.8 Å². The first kappa shape index (κ1) is 18.9. The number of hydrogen-bond donors (Lipinski definition) is 1. The van der Waals surface area contributed by atoms with Crippen LogP contribution in [0.4, 0.5) is 10.2 Å². The average Bonchev–Trinajstić information content (AvgIpc) is 3.10. The van der Waals surface area contributed by atoms with Crippen LogP contribution in [0.2, 0.25) is 0 Å². The third-order valence-electron chi connectivity index (χ3n) is 4.91. The predicted molar refractivity (Wildman–Crippen MR) is 114 cm³/mol. The minimum atomic E-state index is -0.333. The summed E-state index contributed by atoms with van der Waals surface area (Å²) in [4.78, 5) is 6.85. The van der Waals surface area contributed by atoms with Crippen molar-refractivity contribution in [3.8, 4) is 17.2 Å². The van der Waals surface area contributed by atoms with Crippen LogP contribution in [0.15, 0.2) is 54.6 Å². The summed E-state index contributed by atoms with van der Waals surface area (Å²) in [5.74, 6) is 0.506. The van der Waals surface area contributed by atoms with Gasteiger partial charge >= 0.3 is 0 Å². The Morgan fingerprint density at radius 2 is 1.97 bits per heavy atom. The summed E-state index contributed by atoms with van der Waals surface area (Å²) >= 11 is 0. The first-order valence-electron chi connectivity index (χ1n) is 9.57. The Hall–Kier alpha value is -3.43. The van der Waals surface area contributed by atoms with E-state index in [1.54, 1.807) is 6.07 Å². The van der Waals surface area contributed by atoms with Gasteiger partial charge in [-0.2, -0.15) is 5.26 Å². The van der Waals surface area contributed by atoms with E-state index in [2.05, 4.69) is 16.3 Å². The van der Waals surface area contributed by atoms with Gasteiger partial charge in [0.1, 0.15) is 23.3 Å². The van der Waals surface area contributed by atoms with Gasteiger partial charge in [0.05, 0.1) is 11.0 Å². The fraction of sp³-hybridized carbons (Fsp3) is 0.217. The van der Waals surface area contributed by atoms with Crippen molar-refractivity contribution in [3.05, 3.63) is 66.0 Å². The Bertz CT molecular complexity index is 1220. The molecule has 4 rings (SSSR count). The lowest BCUT2D eigenvalue weighted by Crippen LogP contribution is -2.17. The Morgan fingerprint density at radius 1 is 1.14 bits per heavy atom. The van der Waals surface area contributed by atoms with Gasteiger partial charge in [0.25, 0.3) is 0 Å². The minimum absolute atomic E-state index is 0.333. The van der Waals surface area contributed by atoms with Crippen LogP contribution in [0.5, 0.6) is 0 Å². The molecule has 2 aromatic heterocycles. The van der Waals surface area contributed by atoms with Crippen LogP contribution in [-0.4, -0.2) is 41.5 Å². The molecule has 0 spiro atoms. The minimum Gasteiger partial charge on any atom is -0.371 e. The highest BCUT2D eigenvalue weighted by Crippen LogP contribution is 2.33. The van der Waals surface area contributed by atoms with Crippen molar-refractivity contribution in [1.82, 2.24) is 14.3 Å². The van der Waals surface area contributed by atoms with Gasteiger partial charge in [-0.3, -0.25) is 4.40 Å². The van der Waals surface area contributed by atoms with E-state index in [1.165, 1.54) is 12.1 Å². The van der Waals surface area contributed by atoms with Gasteiger partial charge < -0.3 is 10.2 Å². The molecule has 0 atom stereocenters. The van der Waals surface area contributed by atoms with E-state index in [0.717, 1.165) is 36.4 Å². The Balaban J connectivity index is 1.92. The molecular weight excluding hydrogens is 365 g/mol. The molecule has 0 aliphatic carbocycles. The van der Waals surface area contributed by atoms with Crippen LogP contribution in [0.1, 0.15) is 12.0 Å². The number of imidazole rings is 1. The van der Waals surface area contributed by atoms with E-state index in [9.17, 15) is 9.65 Å². The standard InChI is InChI=1S/C23H22FN5/c1-28(2)12-6-11-26-22-14-18(16-7-5-8-17(24)13-16)19(15-25)23-27-20-9-3-4-10-21(20)29(22)23/h3-5,7-10,13-14,26H,6,11-12H2,1-2H3. The summed E-state index contributed by atoms with van der Waals surface area (Å²) in [6, 6.07) is 18.3. The molecule has 5 nitrogen and oxygen atoms in total. The van der Waals surface area contributed by atoms with Crippen molar-refractivity contribution < 1.29 is 4.39 Å². The fourth-order valence-corrected chi connectivity index (χ4v) is 3.57. The molecule has 2 heterocycles. The number of benzene rings is 2.